The minimum Gasteiger partial charge on any atom is -0.494 e. The summed E-state index contributed by atoms with van der Waals surface area (Å²) < 4.78 is 18.7. The first-order valence-corrected chi connectivity index (χ1v) is 6.94. The first-order chi connectivity index (χ1) is 9.10. The molecule has 1 saturated heterocycles. The normalized spacial score (nSPS) is 19.8. The van der Waals surface area contributed by atoms with Gasteiger partial charge in [0.2, 0.25) is 0 Å². The third-order valence-electron chi connectivity index (χ3n) is 3.49. The zero-order valence-electron chi connectivity index (χ0n) is 11.9. The third-order valence-corrected chi connectivity index (χ3v) is 3.49. The van der Waals surface area contributed by atoms with E-state index in [2.05, 4.69) is 24.1 Å². The zero-order chi connectivity index (χ0) is 13.8. The van der Waals surface area contributed by atoms with E-state index in [1.807, 2.05) is 6.07 Å². The van der Waals surface area contributed by atoms with E-state index >= 15 is 0 Å². The molecule has 1 heterocycles. The molecule has 1 aromatic rings. The highest BCUT2D eigenvalue weighted by molar-refractivity contribution is 5.50. The molecule has 1 aromatic carbocycles. The summed E-state index contributed by atoms with van der Waals surface area (Å²) in [7, 11) is 1.49. The third kappa shape index (κ3) is 3.60. The minimum absolute atomic E-state index is 0.293. The molecule has 3 nitrogen and oxygen atoms in total. The number of hydrogen-bond donors (Lipinski definition) is 1. The molecule has 0 aromatic heterocycles. The average Bonchev–Trinajstić information content (AvgIpc) is 2.38. The Hall–Kier alpha value is -1.29. The second kappa shape index (κ2) is 6.24. The number of benzene rings is 1. The lowest BCUT2D eigenvalue weighted by Gasteiger charge is -2.35. The summed E-state index contributed by atoms with van der Waals surface area (Å²) in [5, 5.41) is 3.56. The molecule has 1 aliphatic heterocycles. The predicted molar refractivity (Wildman–Crippen MR) is 76.5 cm³/mol. The van der Waals surface area contributed by atoms with Crippen LogP contribution in [0, 0.1) is 5.82 Å². The lowest BCUT2D eigenvalue weighted by molar-refractivity contribution is 0.384. The molecule has 2 rings (SSSR count). The molecule has 1 atom stereocenters. The molecule has 0 saturated carbocycles. The highest BCUT2D eigenvalue weighted by atomic mass is 19.1. The minimum atomic E-state index is -0.293. The zero-order valence-corrected chi connectivity index (χ0v) is 11.9. The lowest BCUT2D eigenvalue weighted by atomic mass is 10.0. The van der Waals surface area contributed by atoms with Gasteiger partial charge in [-0.2, -0.15) is 0 Å². The van der Waals surface area contributed by atoms with Crippen molar-refractivity contribution in [2.24, 2.45) is 0 Å². The van der Waals surface area contributed by atoms with Gasteiger partial charge in [-0.15, -0.1) is 0 Å². The van der Waals surface area contributed by atoms with Gasteiger partial charge in [0.25, 0.3) is 0 Å². The summed E-state index contributed by atoms with van der Waals surface area (Å²) in [5.41, 5.74) is 0.938. The Labute approximate surface area is 114 Å². The summed E-state index contributed by atoms with van der Waals surface area (Å²) in [5.74, 6) is 0.0107. The van der Waals surface area contributed by atoms with Gasteiger partial charge >= 0.3 is 0 Å². The van der Waals surface area contributed by atoms with Gasteiger partial charge < -0.3 is 15.0 Å². The van der Waals surface area contributed by atoms with Crippen LogP contribution in [0.5, 0.6) is 5.75 Å². The van der Waals surface area contributed by atoms with Gasteiger partial charge in [0, 0.05) is 36.9 Å². The molecule has 0 aliphatic carbocycles. The lowest BCUT2D eigenvalue weighted by Crippen LogP contribution is -2.47. The molecule has 1 fully saturated rings. The molecule has 0 amide bonds. The van der Waals surface area contributed by atoms with Crippen LogP contribution < -0.4 is 15.0 Å². The molecule has 0 bridgehead atoms. The van der Waals surface area contributed by atoms with E-state index in [1.165, 1.54) is 13.5 Å². The molecule has 1 unspecified atom stereocenters. The van der Waals surface area contributed by atoms with Gasteiger partial charge in [0.15, 0.2) is 11.6 Å². The fourth-order valence-electron chi connectivity index (χ4n) is 2.67. The Balaban J connectivity index is 2.06. The number of nitrogens with zero attached hydrogens (tertiary/aromatic N) is 1. The summed E-state index contributed by atoms with van der Waals surface area (Å²) in [4.78, 5) is 2.24. The Morgan fingerprint density at radius 1 is 1.42 bits per heavy atom. The van der Waals surface area contributed by atoms with Crippen LogP contribution in [0.3, 0.4) is 0 Å². The van der Waals surface area contributed by atoms with E-state index in [0.29, 0.717) is 17.8 Å². The number of halogens is 1. The number of piperidine rings is 1. The van der Waals surface area contributed by atoms with Crippen LogP contribution in [0.15, 0.2) is 18.2 Å². The summed E-state index contributed by atoms with van der Waals surface area (Å²) >= 11 is 0. The maximum atomic E-state index is 13.7. The van der Waals surface area contributed by atoms with Crippen molar-refractivity contribution in [1.29, 1.82) is 0 Å². The second-order valence-electron chi connectivity index (χ2n) is 5.43. The van der Waals surface area contributed by atoms with Gasteiger partial charge in [0.05, 0.1) is 7.11 Å². The number of methoxy groups -OCH3 is 1. The Kier molecular flexibility index (Phi) is 4.64. The fourth-order valence-corrected chi connectivity index (χ4v) is 2.67. The molecule has 1 N–H and O–H groups in total. The molecule has 0 spiro atoms. The SMILES string of the molecule is COc1ccc(N2CCCC(NC(C)C)C2)cc1F. The van der Waals surface area contributed by atoms with Crippen LogP contribution in [-0.2, 0) is 0 Å². The predicted octanol–water partition coefficient (Wildman–Crippen LogP) is 2.80. The second-order valence-corrected chi connectivity index (χ2v) is 5.43. The largest absolute Gasteiger partial charge is 0.494 e. The number of hydrogen-bond acceptors (Lipinski definition) is 3. The van der Waals surface area contributed by atoms with Crippen LogP contribution in [0.1, 0.15) is 26.7 Å². The van der Waals surface area contributed by atoms with Crippen molar-refractivity contribution in [2.45, 2.75) is 38.8 Å². The smallest absolute Gasteiger partial charge is 0.167 e. The quantitative estimate of drug-likeness (QED) is 0.907. The fraction of sp³-hybridized carbons (Fsp3) is 0.600. The molecular weight excluding hydrogens is 243 g/mol. The van der Waals surface area contributed by atoms with Crippen molar-refractivity contribution in [2.75, 3.05) is 25.1 Å². The molecule has 0 radical (unpaired) electrons. The first kappa shape index (κ1) is 14.1. The number of ether oxygens (including phenoxy) is 1. The summed E-state index contributed by atoms with van der Waals surface area (Å²) in [6, 6.07) is 6.16. The van der Waals surface area contributed by atoms with E-state index in [4.69, 9.17) is 4.74 Å². The average molecular weight is 266 g/mol. The van der Waals surface area contributed by atoms with E-state index in [1.54, 1.807) is 12.1 Å². The van der Waals surface area contributed by atoms with E-state index in [-0.39, 0.29) is 5.82 Å². The number of nitrogens with one attached hydrogen (secondary N) is 1. The number of anilines is 1. The Morgan fingerprint density at radius 2 is 2.21 bits per heavy atom. The van der Waals surface area contributed by atoms with Gasteiger partial charge in [-0.1, -0.05) is 13.8 Å². The first-order valence-electron chi connectivity index (χ1n) is 6.94. The monoisotopic (exact) mass is 266 g/mol. The van der Waals surface area contributed by atoms with Crippen LogP contribution in [0.4, 0.5) is 10.1 Å². The molecule has 1 aliphatic rings. The van der Waals surface area contributed by atoms with Crippen LogP contribution in [-0.4, -0.2) is 32.3 Å². The highest BCUT2D eigenvalue weighted by Crippen LogP contribution is 2.25. The van der Waals surface area contributed by atoms with Crippen LogP contribution in [0.2, 0.25) is 0 Å². The van der Waals surface area contributed by atoms with Crippen molar-refractivity contribution in [1.82, 2.24) is 5.32 Å². The van der Waals surface area contributed by atoms with Gasteiger partial charge in [-0.3, -0.25) is 0 Å². The molecule has 4 heteroatoms. The van der Waals surface area contributed by atoms with Crippen molar-refractivity contribution >= 4 is 5.69 Å². The van der Waals surface area contributed by atoms with Crippen LogP contribution >= 0.6 is 0 Å². The maximum absolute atomic E-state index is 13.7. The number of rotatable bonds is 4. The molecular formula is C15H23FN2O. The Morgan fingerprint density at radius 3 is 2.84 bits per heavy atom. The summed E-state index contributed by atoms with van der Waals surface area (Å²) in [6.45, 7) is 6.24. The van der Waals surface area contributed by atoms with Gasteiger partial charge in [-0.25, -0.2) is 4.39 Å². The molecule has 19 heavy (non-hydrogen) atoms. The standard InChI is InChI=1S/C15H23FN2O/c1-11(2)17-12-5-4-8-18(10-12)13-6-7-15(19-3)14(16)9-13/h6-7,9,11-12,17H,4-5,8,10H2,1-3H3. The van der Waals surface area contributed by atoms with E-state index in [9.17, 15) is 4.39 Å². The summed E-state index contributed by atoms with van der Waals surface area (Å²) in [6.07, 6.45) is 2.32. The van der Waals surface area contributed by atoms with Crippen molar-refractivity contribution in [3.8, 4) is 5.75 Å². The van der Waals surface area contributed by atoms with Crippen molar-refractivity contribution in [3.63, 3.8) is 0 Å². The van der Waals surface area contributed by atoms with Gasteiger partial charge in [0.1, 0.15) is 0 Å². The maximum Gasteiger partial charge on any atom is 0.167 e. The topological polar surface area (TPSA) is 24.5 Å². The van der Waals surface area contributed by atoms with Crippen molar-refractivity contribution in [3.05, 3.63) is 24.0 Å². The van der Waals surface area contributed by atoms with E-state index < -0.39 is 0 Å². The molecule has 106 valence electrons. The van der Waals surface area contributed by atoms with E-state index in [0.717, 1.165) is 25.2 Å². The van der Waals surface area contributed by atoms with Crippen LogP contribution in [0.25, 0.3) is 0 Å². The Bertz CT molecular complexity index is 423. The van der Waals surface area contributed by atoms with Gasteiger partial charge in [-0.05, 0) is 25.0 Å². The van der Waals surface area contributed by atoms with Crippen molar-refractivity contribution < 1.29 is 9.13 Å². The highest BCUT2D eigenvalue weighted by Gasteiger charge is 2.21.